The number of halogens is 8. The summed E-state index contributed by atoms with van der Waals surface area (Å²) in [6.07, 6.45) is 0.0814. The average molecular weight is 355 g/mol. The summed E-state index contributed by atoms with van der Waals surface area (Å²) in [5, 5.41) is 0. The summed E-state index contributed by atoms with van der Waals surface area (Å²) in [5.74, 6) is -23.4. The minimum absolute atomic E-state index is 0.230. The van der Waals surface area contributed by atoms with E-state index in [-0.39, 0.29) is 12.8 Å². The summed E-state index contributed by atoms with van der Waals surface area (Å²) in [6.45, 7) is 1.18. The van der Waals surface area contributed by atoms with Gasteiger partial charge in [-0.2, -0.15) is 35.1 Å². The first-order valence-electron chi connectivity index (χ1n) is 6.82. The lowest BCUT2D eigenvalue weighted by molar-refractivity contribution is -0.363. The number of unbranched alkanes of at least 4 members (excludes halogenated alkanes) is 2. The lowest BCUT2D eigenvalue weighted by Crippen LogP contribution is -2.61. The summed E-state index contributed by atoms with van der Waals surface area (Å²) in [6, 6.07) is -1.71. The van der Waals surface area contributed by atoms with Gasteiger partial charge in [0.15, 0.2) is 0 Å². The van der Waals surface area contributed by atoms with Crippen LogP contribution in [0.4, 0.5) is 35.1 Å². The summed E-state index contributed by atoms with van der Waals surface area (Å²) >= 11 is 0. The van der Waals surface area contributed by atoms with Gasteiger partial charge in [-0.1, -0.05) is 26.2 Å². The highest BCUT2D eigenvalue weighted by Crippen LogP contribution is 2.53. The maximum absolute atomic E-state index is 13.6. The van der Waals surface area contributed by atoms with E-state index < -0.39 is 43.1 Å². The lowest BCUT2D eigenvalue weighted by atomic mass is 9.93. The van der Waals surface area contributed by atoms with Crippen LogP contribution in [0.15, 0.2) is 4.99 Å². The molecule has 0 spiro atoms. The second-order valence-corrected chi connectivity index (χ2v) is 5.32. The highest BCUT2D eigenvalue weighted by Gasteiger charge is 2.78. The summed E-state index contributed by atoms with van der Waals surface area (Å²) < 4.78 is 105. The summed E-state index contributed by atoms with van der Waals surface area (Å²) in [4.78, 5) is 13.0. The highest BCUT2D eigenvalue weighted by molar-refractivity contribution is 5.33. The van der Waals surface area contributed by atoms with Crippen molar-refractivity contribution < 1.29 is 39.9 Å². The molecule has 0 saturated carbocycles. The fraction of sp³-hybridized carbons (Fsp3) is 0.923. The molecule has 0 aliphatic rings. The zero-order valence-electron chi connectivity index (χ0n) is 12.5. The first-order chi connectivity index (χ1) is 10.2. The minimum atomic E-state index is -6.31. The highest BCUT2D eigenvalue weighted by atomic mass is 19.4. The van der Waals surface area contributed by atoms with E-state index >= 15 is 0 Å². The van der Waals surface area contributed by atoms with Crippen molar-refractivity contribution in [2.24, 2.45) is 4.99 Å². The number of nitrogens with zero attached hydrogens (tertiary/aromatic N) is 1. The van der Waals surface area contributed by atoms with Gasteiger partial charge in [-0.15, -0.1) is 0 Å². The van der Waals surface area contributed by atoms with Crippen LogP contribution in [0.2, 0.25) is 0 Å². The predicted molar refractivity (Wildman–Crippen MR) is 66.1 cm³/mol. The molecule has 0 amide bonds. The Labute approximate surface area is 127 Å². The van der Waals surface area contributed by atoms with E-state index in [2.05, 4.69) is 4.99 Å². The number of aliphatic imine (C=N–C) groups is 1. The largest absolute Gasteiger partial charge is 0.378 e. The average Bonchev–Trinajstić information content (AvgIpc) is 2.37. The molecule has 0 rings (SSSR count). The monoisotopic (exact) mass is 355 g/mol. The van der Waals surface area contributed by atoms with Crippen LogP contribution in [0.5, 0.6) is 0 Å². The Kier molecular flexibility index (Phi) is 7.20. The zero-order valence-corrected chi connectivity index (χ0v) is 12.5. The first-order valence-corrected chi connectivity index (χ1v) is 6.82. The lowest BCUT2D eigenvalue weighted by Gasteiger charge is -2.36. The van der Waals surface area contributed by atoms with Gasteiger partial charge < -0.3 is 0 Å². The maximum atomic E-state index is 13.6. The predicted octanol–water partition coefficient (Wildman–Crippen LogP) is 5.22. The van der Waals surface area contributed by atoms with Crippen molar-refractivity contribution in [1.82, 2.24) is 0 Å². The number of alkyl halides is 8. The third kappa shape index (κ3) is 4.89. The topological polar surface area (TPSA) is 29.4 Å². The Morgan fingerprint density at radius 3 is 1.87 bits per heavy atom. The molecule has 0 N–H and O–H groups in total. The standard InChI is InChI=1S/C13H17F8NO/c1-3-4-5-6-9(22-8-23)7-11(16,17)13(20,21)12(18,19)10(2,14)15/h9H,3-7H2,1-2H3. The van der Waals surface area contributed by atoms with Crippen LogP contribution in [-0.4, -0.2) is 35.8 Å². The number of rotatable bonds is 10. The molecule has 0 aromatic rings. The van der Waals surface area contributed by atoms with Crippen molar-refractivity contribution in [2.45, 2.75) is 75.7 Å². The molecule has 0 aromatic heterocycles. The van der Waals surface area contributed by atoms with E-state index in [1.807, 2.05) is 0 Å². The molecular weight excluding hydrogens is 338 g/mol. The molecule has 2 nitrogen and oxygen atoms in total. The Hall–Kier alpha value is -1.18. The molecule has 0 aromatic carbocycles. The number of carbonyl (C=O) groups excluding carboxylic acids is 1. The van der Waals surface area contributed by atoms with Crippen LogP contribution in [0, 0.1) is 0 Å². The van der Waals surface area contributed by atoms with E-state index in [0.717, 1.165) is 6.08 Å². The van der Waals surface area contributed by atoms with Gasteiger partial charge in [-0.25, -0.2) is 9.79 Å². The van der Waals surface area contributed by atoms with Gasteiger partial charge in [0, 0.05) is 13.3 Å². The van der Waals surface area contributed by atoms with Crippen molar-refractivity contribution >= 4 is 6.08 Å². The van der Waals surface area contributed by atoms with Crippen LogP contribution in [0.25, 0.3) is 0 Å². The SMILES string of the molecule is CCCCCC(CC(F)(F)C(F)(F)C(F)(F)C(C)(F)F)N=C=O. The number of isocyanates is 1. The van der Waals surface area contributed by atoms with Gasteiger partial charge in [0.1, 0.15) is 0 Å². The van der Waals surface area contributed by atoms with E-state index in [1.54, 1.807) is 6.92 Å². The van der Waals surface area contributed by atoms with E-state index in [1.165, 1.54) is 0 Å². The van der Waals surface area contributed by atoms with Crippen LogP contribution in [0.3, 0.4) is 0 Å². The second kappa shape index (κ2) is 7.59. The zero-order chi connectivity index (χ0) is 18.5. The molecule has 10 heteroatoms. The normalized spacial score (nSPS) is 15.2. The Bertz CT molecular complexity index is 426. The maximum Gasteiger partial charge on any atom is 0.378 e. The van der Waals surface area contributed by atoms with E-state index in [9.17, 15) is 39.9 Å². The van der Waals surface area contributed by atoms with Crippen molar-refractivity contribution in [3.8, 4) is 0 Å². The summed E-state index contributed by atoms with van der Waals surface area (Å²) in [5.41, 5.74) is 0. The molecule has 23 heavy (non-hydrogen) atoms. The molecule has 1 unspecified atom stereocenters. The van der Waals surface area contributed by atoms with Crippen molar-refractivity contribution in [2.75, 3.05) is 0 Å². The molecule has 0 heterocycles. The molecule has 0 saturated heterocycles. The van der Waals surface area contributed by atoms with Gasteiger partial charge in [0.2, 0.25) is 6.08 Å². The van der Waals surface area contributed by atoms with Gasteiger partial charge >= 0.3 is 23.7 Å². The first kappa shape index (κ1) is 21.8. The minimum Gasteiger partial charge on any atom is -0.211 e. The van der Waals surface area contributed by atoms with Gasteiger partial charge in [-0.05, 0) is 6.42 Å². The molecule has 0 radical (unpaired) electrons. The molecule has 0 bridgehead atoms. The fourth-order valence-corrected chi connectivity index (χ4v) is 1.85. The molecule has 136 valence electrons. The van der Waals surface area contributed by atoms with Gasteiger partial charge in [-0.3, -0.25) is 0 Å². The van der Waals surface area contributed by atoms with Crippen LogP contribution < -0.4 is 0 Å². The molecule has 0 aliphatic heterocycles. The molecule has 0 fully saturated rings. The van der Waals surface area contributed by atoms with Crippen LogP contribution >= 0.6 is 0 Å². The Balaban J connectivity index is 5.37. The Morgan fingerprint density at radius 2 is 1.48 bits per heavy atom. The van der Waals surface area contributed by atoms with Crippen molar-refractivity contribution in [3.63, 3.8) is 0 Å². The van der Waals surface area contributed by atoms with E-state index in [0.29, 0.717) is 12.8 Å². The molecular formula is C13H17F8NO. The quantitative estimate of drug-likeness (QED) is 0.229. The van der Waals surface area contributed by atoms with Crippen molar-refractivity contribution in [1.29, 1.82) is 0 Å². The fourth-order valence-electron chi connectivity index (χ4n) is 1.85. The Morgan fingerprint density at radius 1 is 0.957 bits per heavy atom. The third-order valence-electron chi connectivity index (χ3n) is 3.27. The summed E-state index contributed by atoms with van der Waals surface area (Å²) in [7, 11) is 0. The molecule has 1 atom stereocenters. The van der Waals surface area contributed by atoms with Crippen molar-refractivity contribution in [3.05, 3.63) is 0 Å². The second-order valence-electron chi connectivity index (χ2n) is 5.32. The van der Waals surface area contributed by atoms with Crippen LogP contribution in [-0.2, 0) is 4.79 Å². The number of hydrogen-bond donors (Lipinski definition) is 0. The van der Waals surface area contributed by atoms with Gasteiger partial charge in [0.05, 0.1) is 6.04 Å². The third-order valence-corrected chi connectivity index (χ3v) is 3.27. The van der Waals surface area contributed by atoms with E-state index in [4.69, 9.17) is 0 Å². The van der Waals surface area contributed by atoms with Gasteiger partial charge in [0.25, 0.3) is 0 Å². The molecule has 0 aliphatic carbocycles. The smallest absolute Gasteiger partial charge is 0.211 e. The van der Waals surface area contributed by atoms with Crippen LogP contribution in [0.1, 0.15) is 46.0 Å². The number of hydrogen-bond acceptors (Lipinski definition) is 2.